The summed E-state index contributed by atoms with van der Waals surface area (Å²) in [5, 5.41) is 5.16. The summed E-state index contributed by atoms with van der Waals surface area (Å²) in [4.78, 5) is 36.6. The first-order chi connectivity index (χ1) is 17.2. The van der Waals surface area contributed by atoms with Crippen molar-refractivity contribution in [2.24, 2.45) is 0 Å². The van der Waals surface area contributed by atoms with E-state index < -0.39 is 41.9 Å². The number of hydrogen-bond donors (Lipinski definition) is 1. The summed E-state index contributed by atoms with van der Waals surface area (Å²) < 4.78 is 56.0. The number of nitrogens with one attached hydrogen (secondary N) is 1. The fourth-order valence-corrected chi connectivity index (χ4v) is 4.67. The van der Waals surface area contributed by atoms with Crippen LogP contribution in [0.1, 0.15) is 18.1 Å². The quantitative estimate of drug-likeness (QED) is 0.268. The second-order valence-electron chi connectivity index (χ2n) is 7.76. The van der Waals surface area contributed by atoms with E-state index in [2.05, 4.69) is 5.32 Å². The molecule has 36 heavy (non-hydrogen) atoms. The molecular weight excluding hydrogens is 499 g/mol. The number of esters is 1. The monoisotopic (exact) mass is 519 g/mol. The maximum absolute atomic E-state index is 13.2. The summed E-state index contributed by atoms with van der Waals surface area (Å²) in [5.41, 5.74) is -1.75. The predicted molar refractivity (Wildman–Crippen MR) is 127 cm³/mol. The molecule has 0 unspecified atom stereocenters. The minimum atomic E-state index is -4.74. The Morgan fingerprint density at radius 1 is 1.11 bits per heavy atom. The average molecular weight is 519 g/mol. The molecule has 1 N–H and O–H groups in total. The Labute approximate surface area is 206 Å². The van der Waals surface area contributed by atoms with Crippen molar-refractivity contribution in [3.05, 3.63) is 75.5 Å². The maximum Gasteiger partial charge on any atom is 0.417 e. The van der Waals surface area contributed by atoms with E-state index in [1.54, 1.807) is 6.92 Å². The van der Waals surface area contributed by atoms with E-state index in [0.717, 1.165) is 27.8 Å². The van der Waals surface area contributed by atoms with Crippen LogP contribution in [0.3, 0.4) is 0 Å². The van der Waals surface area contributed by atoms with Crippen LogP contribution in [-0.2, 0) is 26.9 Å². The van der Waals surface area contributed by atoms with Crippen LogP contribution in [0.5, 0.6) is 5.75 Å². The van der Waals surface area contributed by atoms with Crippen LogP contribution in [0.25, 0.3) is 21.1 Å². The van der Waals surface area contributed by atoms with Gasteiger partial charge in [-0.05, 0) is 41.5 Å². The summed E-state index contributed by atoms with van der Waals surface area (Å²) in [6.45, 7) is 1.26. The molecule has 188 valence electrons. The van der Waals surface area contributed by atoms with Crippen LogP contribution in [0.4, 0.5) is 13.2 Å². The first kappa shape index (κ1) is 25.2. The van der Waals surface area contributed by atoms with E-state index in [1.807, 2.05) is 29.6 Å². The Hall–Kier alpha value is -3.86. The molecular formula is C25H20F3NO6S. The SMILES string of the molecule is CCOC(=O)[C@H](Cc1csc2ccccc12)NC(=O)COc1ccc2c(C(F)(F)F)cc(=O)oc2c1. The number of ether oxygens (including phenoxy) is 2. The van der Waals surface area contributed by atoms with Gasteiger partial charge in [0, 0.05) is 28.6 Å². The van der Waals surface area contributed by atoms with Gasteiger partial charge in [-0.2, -0.15) is 13.2 Å². The Balaban J connectivity index is 1.47. The number of fused-ring (bicyclic) bond motifs is 2. The van der Waals surface area contributed by atoms with E-state index in [9.17, 15) is 27.6 Å². The van der Waals surface area contributed by atoms with Crippen molar-refractivity contribution in [2.45, 2.75) is 25.6 Å². The molecule has 4 aromatic rings. The minimum Gasteiger partial charge on any atom is -0.484 e. The molecule has 1 amide bonds. The third-order valence-electron chi connectivity index (χ3n) is 5.28. The molecule has 0 spiro atoms. The molecule has 2 aromatic heterocycles. The molecule has 0 saturated heterocycles. The average Bonchev–Trinajstić information content (AvgIpc) is 3.24. The fourth-order valence-electron chi connectivity index (χ4n) is 3.70. The van der Waals surface area contributed by atoms with Crippen molar-refractivity contribution in [3.8, 4) is 5.75 Å². The van der Waals surface area contributed by atoms with Crippen molar-refractivity contribution in [2.75, 3.05) is 13.2 Å². The molecule has 0 aliphatic rings. The number of halogens is 3. The highest BCUT2D eigenvalue weighted by atomic mass is 32.1. The summed E-state index contributed by atoms with van der Waals surface area (Å²) in [6, 6.07) is 10.5. The van der Waals surface area contributed by atoms with Gasteiger partial charge in [-0.15, -0.1) is 11.3 Å². The molecule has 0 aliphatic carbocycles. The molecule has 2 heterocycles. The van der Waals surface area contributed by atoms with Crippen LogP contribution in [0.2, 0.25) is 0 Å². The Morgan fingerprint density at radius 3 is 2.64 bits per heavy atom. The van der Waals surface area contributed by atoms with E-state index in [1.165, 1.54) is 17.4 Å². The van der Waals surface area contributed by atoms with Crippen LogP contribution >= 0.6 is 11.3 Å². The van der Waals surface area contributed by atoms with E-state index >= 15 is 0 Å². The topological polar surface area (TPSA) is 94.8 Å². The summed E-state index contributed by atoms with van der Waals surface area (Å²) >= 11 is 1.52. The molecule has 0 aliphatic heterocycles. The number of alkyl halides is 3. The number of amides is 1. The normalized spacial score (nSPS) is 12.4. The molecule has 0 saturated carbocycles. The number of benzene rings is 2. The van der Waals surface area contributed by atoms with E-state index in [-0.39, 0.29) is 29.7 Å². The van der Waals surface area contributed by atoms with Gasteiger partial charge in [0.15, 0.2) is 6.61 Å². The van der Waals surface area contributed by atoms with Crippen molar-refractivity contribution in [3.63, 3.8) is 0 Å². The lowest BCUT2D eigenvalue weighted by Gasteiger charge is -2.17. The van der Waals surface area contributed by atoms with E-state index in [0.29, 0.717) is 6.07 Å². The second kappa shape index (κ2) is 10.4. The Kier molecular flexibility index (Phi) is 7.30. The molecule has 4 rings (SSSR count). The second-order valence-corrected chi connectivity index (χ2v) is 8.67. The lowest BCUT2D eigenvalue weighted by atomic mass is 10.0. The van der Waals surface area contributed by atoms with Gasteiger partial charge in [0.25, 0.3) is 5.91 Å². The molecule has 0 radical (unpaired) electrons. The zero-order valence-electron chi connectivity index (χ0n) is 18.9. The fraction of sp³-hybridized carbons (Fsp3) is 0.240. The minimum absolute atomic E-state index is 0.0108. The molecule has 0 bridgehead atoms. The van der Waals surface area contributed by atoms with Crippen LogP contribution < -0.4 is 15.7 Å². The van der Waals surface area contributed by atoms with Gasteiger partial charge in [-0.25, -0.2) is 9.59 Å². The highest BCUT2D eigenvalue weighted by molar-refractivity contribution is 7.17. The summed E-state index contributed by atoms with van der Waals surface area (Å²) in [7, 11) is 0. The number of hydrogen-bond acceptors (Lipinski definition) is 7. The molecule has 11 heteroatoms. The highest BCUT2D eigenvalue weighted by Gasteiger charge is 2.34. The van der Waals surface area contributed by atoms with Crippen LogP contribution in [0.15, 0.2) is 63.1 Å². The number of rotatable bonds is 8. The van der Waals surface area contributed by atoms with Gasteiger partial charge >= 0.3 is 17.8 Å². The summed E-state index contributed by atoms with van der Waals surface area (Å²) in [5.74, 6) is -1.23. The van der Waals surface area contributed by atoms with Crippen LogP contribution in [0, 0.1) is 0 Å². The third-order valence-corrected chi connectivity index (χ3v) is 6.30. The standard InChI is InChI=1S/C25H20F3NO6S/c1-2-33-24(32)19(9-14-13-36-21-6-4-3-5-16(14)21)29-22(30)12-34-15-7-8-17-18(25(26,27)28)11-23(31)35-20(17)10-15/h3-8,10-11,13,19H,2,9,12H2,1H3,(H,29,30)/t19-/m0/s1. The maximum atomic E-state index is 13.2. The first-order valence-corrected chi connectivity index (χ1v) is 11.7. The number of carbonyl (C=O) groups is 2. The number of carbonyl (C=O) groups excluding carboxylic acids is 2. The van der Waals surface area contributed by atoms with Gasteiger partial charge in [0.2, 0.25) is 0 Å². The van der Waals surface area contributed by atoms with Crippen LogP contribution in [-0.4, -0.2) is 31.1 Å². The van der Waals surface area contributed by atoms with Crippen molar-refractivity contribution in [1.82, 2.24) is 5.32 Å². The van der Waals surface area contributed by atoms with Crippen molar-refractivity contribution < 1.29 is 36.7 Å². The van der Waals surface area contributed by atoms with Gasteiger partial charge < -0.3 is 19.2 Å². The molecule has 1 atom stereocenters. The van der Waals surface area contributed by atoms with Gasteiger partial charge in [-0.1, -0.05) is 18.2 Å². The highest BCUT2D eigenvalue weighted by Crippen LogP contribution is 2.34. The Morgan fingerprint density at radius 2 is 1.89 bits per heavy atom. The molecule has 0 fully saturated rings. The van der Waals surface area contributed by atoms with Crippen molar-refractivity contribution >= 4 is 44.3 Å². The zero-order chi connectivity index (χ0) is 25.9. The molecule has 7 nitrogen and oxygen atoms in total. The smallest absolute Gasteiger partial charge is 0.417 e. The zero-order valence-corrected chi connectivity index (χ0v) is 19.7. The third kappa shape index (κ3) is 5.68. The lowest BCUT2D eigenvalue weighted by molar-refractivity contribution is -0.147. The number of thiophene rings is 1. The predicted octanol–water partition coefficient (Wildman–Crippen LogP) is 4.70. The Bertz CT molecular complexity index is 1480. The lowest BCUT2D eigenvalue weighted by Crippen LogP contribution is -2.45. The van der Waals surface area contributed by atoms with Crippen molar-refractivity contribution in [1.29, 1.82) is 0 Å². The van der Waals surface area contributed by atoms with Gasteiger partial charge in [-0.3, -0.25) is 4.79 Å². The largest absolute Gasteiger partial charge is 0.484 e. The first-order valence-electron chi connectivity index (χ1n) is 10.8. The van der Waals surface area contributed by atoms with Gasteiger partial charge in [0.1, 0.15) is 17.4 Å². The molecule has 2 aromatic carbocycles. The van der Waals surface area contributed by atoms with E-state index in [4.69, 9.17) is 13.9 Å². The van der Waals surface area contributed by atoms with Gasteiger partial charge in [0.05, 0.1) is 12.2 Å². The summed E-state index contributed by atoms with van der Waals surface area (Å²) in [6.07, 6.45) is -4.54.